The molecule has 1 aromatic rings. The quantitative estimate of drug-likeness (QED) is 0.918. The van der Waals surface area contributed by atoms with E-state index in [1.54, 1.807) is 0 Å². The molecule has 128 valence electrons. The molecule has 2 aliphatic rings. The van der Waals surface area contributed by atoms with Crippen LogP contribution in [0.5, 0.6) is 0 Å². The van der Waals surface area contributed by atoms with E-state index in [1.807, 2.05) is 20.3 Å². The smallest absolute Gasteiger partial charge is 0.128 e. The van der Waals surface area contributed by atoms with Gasteiger partial charge in [0.2, 0.25) is 0 Å². The Hall–Kier alpha value is -1.17. The number of rotatable bonds is 4. The summed E-state index contributed by atoms with van der Waals surface area (Å²) in [6.07, 6.45) is 5.84. The van der Waals surface area contributed by atoms with Gasteiger partial charge >= 0.3 is 0 Å². The number of hydrogen-bond donors (Lipinski definition) is 1. The number of β-amino-alcohol motifs (C(OH)–C–C–N with tert-alkyl or cyclic N) is 1. The van der Waals surface area contributed by atoms with Crippen molar-refractivity contribution in [3.8, 4) is 0 Å². The van der Waals surface area contributed by atoms with Crippen LogP contribution in [0.4, 0.5) is 5.82 Å². The van der Waals surface area contributed by atoms with Gasteiger partial charge in [-0.1, -0.05) is 0 Å². The largest absolute Gasteiger partial charge is 0.388 e. The Labute approximate surface area is 139 Å². The van der Waals surface area contributed by atoms with Crippen molar-refractivity contribution >= 4 is 5.82 Å². The van der Waals surface area contributed by atoms with E-state index in [0.717, 1.165) is 38.3 Å². The van der Waals surface area contributed by atoms with Crippen molar-refractivity contribution in [2.75, 3.05) is 51.8 Å². The molecule has 3 rings (SSSR count). The van der Waals surface area contributed by atoms with E-state index >= 15 is 0 Å². The average molecular weight is 319 g/mol. The van der Waals surface area contributed by atoms with E-state index in [-0.39, 0.29) is 0 Å². The Bertz CT molecular complexity index is 515. The van der Waals surface area contributed by atoms with Crippen LogP contribution in [-0.2, 0) is 4.74 Å². The molecule has 0 aliphatic carbocycles. The van der Waals surface area contributed by atoms with Crippen molar-refractivity contribution in [3.63, 3.8) is 0 Å². The fourth-order valence-corrected chi connectivity index (χ4v) is 3.73. The second-order valence-corrected chi connectivity index (χ2v) is 7.25. The zero-order valence-corrected chi connectivity index (χ0v) is 14.4. The molecule has 3 heterocycles. The van der Waals surface area contributed by atoms with Gasteiger partial charge in [0, 0.05) is 59.4 Å². The minimum atomic E-state index is -0.562. The fourth-order valence-electron chi connectivity index (χ4n) is 3.73. The first kappa shape index (κ1) is 16.7. The third-order valence-electron chi connectivity index (χ3n) is 5.15. The summed E-state index contributed by atoms with van der Waals surface area (Å²) in [5.74, 6) is 1.55. The molecule has 23 heavy (non-hydrogen) atoms. The molecule has 0 radical (unpaired) electrons. The first-order valence-corrected chi connectivity index (χ1v) is 8.71. The van der Waals surface area contributed by atoms with Crippen LogP contribution < -0.4 is 4.90 Å². The first-order chi connectivity index (χ1) is 11.1. The number of nitrogens with zero attached hydrogens (tertiary/aromatic N) is 3. The van der Waals surface area contributed by atoms with Gasteiger partial charge in [0.05, 0.1) is 5.60 Å². The third kappa shape index (κ3) is 4.22. The van der Waals surface area contributed by atoms with Crippen LogP contribution in [0, 0.1) is 0 Å². The summed E-state index contributed by atoms with van der Waals surface area (Å²) in [6, 6.07) is 4.35. The number of aliphatic hydroxyl groups is 1. The molecule has 1 N–H and O–H groups in total. The highest BCUT2D eigenvalue weighted by atomic mass is 16.5. The summed E-state index contributed by atoms with van der Waals surface area (Å²) >= 11 is 0. The second kappa shape index (κ2) is 7.16. The van der Waals surface area contributed by atoms with Gasteiger partial charge in [-0.2, -0.15) is 0 Å². The Morgan fingerprint density at radius 3 is 2.91 bits per heavy atom. The lowest BCUT2D eigenvalue weighted by molar-refractivity contribution is -0.0824. The minimum Gasteiger partial charge on any atom is -0.388 e. The van der Waals surface area contributed by atoms with Gasteiger partial charge < -0.3 is 14.7 Å². The molecule has 5 heteroatoms. The van der Waals surface area contributed by atoms with Crippen LogP contribution in [0.1, 0.15) is 37.2 Å². The van der Waals surface area contributed by atoms with Crippen LogP contribution in [0.15, 0.2) is 18.3 Å². The summed E-state index contributed by atoms with van der Waals surface area (Å²) in [4.78, 5) is 8.91. The highest BCUT2D eigenvalue weighted by Crippen LogP contribution is 2.30. The van der Waals surface area contributed by atoms with E-state index in [9.17, 15) is 5.11 Å². The molecule has 0 aromatic carbocycles. The highest BCUT2D eigenvalue weighted by Gasteiger charge is 2.33. The monoisotopic (exact) mass is 319 g/mol. The maximum absolute atomic E-state index is 10.8. The maximum atomic E-state index is 10.8. The number of piperidine rings is 1. The zero-order valence-electron chi connectivity index (χ0n) is 14.4. The van der Waals surface area contributed by atoms with E-state index in [0.29, 0.717) is 19.1 Å². The lowest BCUT2D eigenvalue weighted by Crippen LogP contribution is -2.49. The molecule has 0 bridgehead atoms. The molecule has 2 aliphatic heterocycles. The van der Waals surface area contributed by atoms with Gasteiger partial charge in [0.1, 0.15) is 5.82 Å². The molecule has 2 saturated heterocycles. The summed E-state index contributed by atoms with van der Waals surface area (Å²) in [5.41, 5.74) is 0.806. The topological polar surface area (TPSA) is 48.8 Å². The zero-order chi connectivity index (χ0) is 16.3. The summed E-state index contributed by atoms with van der Waals surface area (Å²) < 4.78 is 5.39. The molecule has 1 aromatic heterocycles. The third-order valence-corrected chi connectivity index (χ3v) is 5.15. The Balaban J connectivity index is 1.65. The highest BCUT2D eigenvalue weighted by molar-refractivity contribution is 5.40. The van der Waals surface area contributed by atoms with E-state index in [4.69, 9.17) is 4.74 Å². The number of pyridine rings is 1. The number of likely N-dealkylation sites (tertiary alicyclic amines) is 1. The van der Waals surface area contributed by atoms with Gasteiger partial charge in [0.25, 0.3) is 0 Å². The minimum absolute atomic E-state index is 0.536. The van der Waals surface area contributed by atoms with Crippen LogP contribution >= 0.6 is 0 Å². The average Bonchev–Trinajstić information content (AvgIpc) is 2.55. The van der Waals surface area contributed by atoms with Gasteiger partial charge in [-0.15, -0.1) is 0 Å². The standard InChI is InChI=1S/C18H29N3O2/c1-20(2)17-12-15(5-8-19-17)16-4-3-9-21(13-16)14-18(22)6-10-23-11-7-18/h5,8,12,16,22H,3-4,6-7,9-11,13-14H2,1-2H3/t16-/m0/s1. The summed E-state index contributed by atoms with van der Waals surface area (Å²) in [7, 11) is 4.06. The van der Waals surface area contributed by atoms with E-state index in [1.165, 1.54) is 18.4 Å². The van der Waals surface area contributed by atoms with Crippen LogP contribution in [0.2, 0.25) is 0 Å². The molecule has 0 unspecified atom stereocenters. The van der Waals surface area contributed by atoms with Crippen LogP contribution in [-0.4, -0.2) is 67.5 Å². The van der Waals surface area contributed by atoms with Crippen LogP contribution in [0.25, 0.3) is 0 Å². The molecule has 0 spiro atoms. The Kier molecular flexibility index (Phi) is 5.19. The van der Waals surface area contributed by atoms with Crippen LogP contribution in [0.3, 0.4) is 0 Å². The van der Waals surface area contributed by atoms with E-state index < -0.39 is 5.60 Å². The Morgan fingerprint density at radius 2 is 2.17 bits per heavy atom. The van der Waals surface area contributed by atoms with Gasteiger partial charge in [-0.05, 0) is 43.0 Å². The SMILES string of the molecule is CN(C)c1cc([C@H]2CCCN(CC3(O)CCOCC3)C2)ccn1. The maximum Gasteiger partial charge on any atom is 0.128 e. The van der Waals surface area contributed by atoms with Gasteiger partial charge in [0.15, 0.2) is 0 Å². The molecular weight excluding hydrogens is 290 g/mol. The predicted molar refractivity (Wildman–Crippen MR) is 92.0 cm³/mol. The second-order valence-electron chi connectivity index (χ2n) is 7.25. The number of aromatic nitrogens is 1. The molecule has 2 fully saturated rings. The molecule has 0 saturated carbocycles. The van der Waals surface area contributed by atoms with Crippen molar-refractivity contribution < 1.29 is 9.84 Å². The number of hydrogen-bond acceptors (Lipinski definition) is 5. The molecule has 0 amide bonds. The number of ether oxygens (including phenoxy) is 1. The van der Waals surface area contributed by atoms with Gasteiger partial charge in [-0.25, -0.2) is 4.98 Å². The Morgan fingerprint density at radius 1 is 1.39 bits per heavy atom. The van der Waals surface area contributed by atoms with Gasteiger partial charge in [-0.3, -0.25) is 4.90 Å². The predicted octanol–water partition coefficient (Wildman–Crippen LogP) is 1.87. The lowest BCUT2D eigenvalue weighted by Gasteiger charge is -2.40. The normalized spacial score (nSPS) is 25.3. The first-order valence-electron chi connectivity index (χ1n) is 8.71. The summed E-state index contributed by atoms with van der Waals surface area (Å²) in [5, 5.41) is 10.8. The van der Waals surface area contributed by atoms with E-state index in [2.05, 4.69) is 26.9 Å². The van der Waals surface area contributed by atoms with Crippen molar-refractivity contribution in [2.45, 2.75) is 37.2 Å². The van der Waals surface area contributed by atoms with Crippen molar-refractivity contribution in [1.29, 1.82) is 0 Å². The van der Waals surface area contributed by atoms with Crippen molar-refractivity contribution in [2.24, 2.45) is 0 Å². The number of anilines is 1. The summed E-state index contributed by atoms with van der Waals surface area (Å²) in [6.45, 7) is 4.26. The molecule has 1 atom stereocenters. The lowest BCUT2D eigenvalue weighted by atomic mass is 9.88. The van der Waals surface area contributed by atoms with Crippen molar-refractivity contribution in [3.05, 3.63) is 23.9 Å². The molecular formula is C18H29N3O2. The van der Waals surface area contributed by atoms with Crippen molar-refractivity contribution in [1.82, 2.24) is 9.88 Å². The molecule has 5 nitrogen and oxygen atoms in total. The fraction of sp³-hybridized carbons (Fsp3) is 0.722.